The van der Waals surface area contributed by atoms with E-state index in [4.69, 9.17) is 5.11 Å². The van der Waals surface area contributed by atoms with Crippen LogP contribution in [0.15, 0.2) is 42.6 Å². The average Bonchev–Trinajstić information content (AvgIpc) is 2.97. The van der Waals surface area contributed by atoms with Gasteiger partial charge in [0.15, 0.2) is 5.69 Å². The second kappa shape index (κ2) is 6.69. The van der Waals surface area contributed by atoms with Gasteiger partial charge in [0, 0.05) is 6.20 Å². The molecular weight excluding hydrogens is 270 g/mol. The van der Waals surface area contributed by atoms with E-state index in [1.54, 1.807) is 16.9 Å². The summed E-state index contributed by atoms with van der Waals surface area (Å²) < 4.78 is 1.57. The monoisotopic (exact) mass is 287 g/mol. The molecule has 1 heterocycles. The maximum Gasteiger partial charge on any atom is 0.326 e. The van der Waals surface area contributed by atoms with Crippen LogP contribution >= 0.6 is 0 Å². The number of carboxylic acid groups (broad SMARTS) is 1. The second-order valence-electron chi connectivity index (χ2n) is 4.63. The number of aliphatic carboxylic acids is 1. The van der Waals surface area contributed by atoms with Crippen molar-refractivity contribution in [3.8, 4) is 5.69 Å². The van der Waals surface area contributed by atoms with Crippen LogP contribution in [0.2, 0.25) is 0 Å². The number of amides is 1. The van der Waals surface area contributed by atoms with Crippen molar-refractivity contribution in [3.05, 3.63) is 48.3 Å². The second-order valence-corrected chi connectivity index (χ2v) is 4.63. The van der Waals surface area contributed by atoms with Gasteiger partial charge in [0.05, 0.1) is 5.69 Å². The molecule has 1 aromatic heterocycles. The summed E-state index contributed by atoms with van der Waals surface area (Å²) in [7, 11) is 0. The Bertz CT molecular complexity index is 622. The summed E-state index contributed by atoms with van der Waals surface area (Å²) in [5.41, 5.74) is 1.03. The van der Waals surface area contributed by atoms with E-state index >= 15 is 0 Å². The fourth-order valence-corrected chi connectivity index (χ4v) is 1.95. The number of carbonyl (C=O) groups excluding carboxylic acids is 1. The maximum atomic E-state index is 12.0. The van der Waals surface area contributed by atoms with Gasteiger partial charge in [-0.2, -0.15) is 5.10 Å². The minimum Gasteiger partial charge on any atom is -0.480 e. The molecule has 0 saturated heterocycles. The Morgan fingerprint density at radius 1 is 1.29 bits per heavy atom. The van der Waals surface area contributed by atoms with Gasteiger partial charge in [-0.25, -0.2) is 9.48 Å². The number of rotatable bonds is 6. The number of aromatic nitrogens is 2. The van der Waals surface area contributed by atoms with Crippen molar-refractivity contribution in [2.24, 2.45) is 0 Å². The van der Waals surface area contributed by atoms with Gasteiger partial charge in [-0.1, -0.05) is 31.5 Å². The number of hydrogen-bond acceptors (Lipinski definition) is 3. The molecule has 110 valence electrons. The van der Waals surface area contributed by atoms with E-state index < -0.39 is 17.9 Å². The molecule has 2 N–H and O–H groups in total. The third-order valence-corrected chi connectivity index (χ3v) is 3.02. The minimum absolute atomic E-state index is 0.196. The fraction of sp³-hybridized carbons (Fsp3) is 0.267. The SMILES string of the molecule is CCC[C@@H](NC(=O)c1ccn(-c2ccccc2)n1)C(=O)O. The molecule has 21 heavy (non-hydrogen) atoms. The highest BCUT2D eigenvalue weighted by molar-refractivity contribution is 5.94. The van der Waals surface area contributed by atoms with Crippen LogP contribution in [0.1, 0.15) is 30.3 Å². The van der Waals surface area contributed by atoms with Gasteiger partial charge in [-0.05, 0) is 24.6 Å². The van der Waals surface area contributed by atoms with E-state index in [2.05, 4.69) is 10.4 Å². The van der Waals surface area contributed by atoms with E-state index in [1.807, 2.05) is 37.3 Å². The molecule has 6 nitrogen and oxygen atoms in total. The Labute approximate surface area is 122 Å². The Morgan fingerprint density at radius 3 is 2.62 bits per heavy atom. The molecule has 2 rings (SSSR count). The molecule has 0 aliphatic rings. The van der Waals surface area contributed by atoms with Crippen molar-refractivity contribution in [2.75, 3.05) is 0 Å². The summed E-state index contributed by atoms with van der Waals surface area (Å²) in [6, 6.07) is 10.1. The lowest BCUT2D eigenvalue weighted by atomic mass is 10.1. The van der Waals surface area contributed by atoms with Crippen molar-refractivity contribution in [1.82, 2.24) is 15.1 Å². The standard InChI is InChI=1S/C15H17N3O3/c1-2-6-13(15(20)21)16-14(19)12-9-10-18(17-12)11-7-4-3-5-8-11/h3-5,7-10,13H,2,6H2,1H3,(H,16,19)(H,20,21)/t13-/m1/s1. The van der Waals surface area contributed by atoms with Gasteiger partial charge in [0.25, 0.3) is 5.91 Å². The van der Waals surface area contributed by atoms with Crippen molar-refractivity contribution in [1.29, 1.82) is 0 Å². The van der Waals surface area contributed by atoms with E-state index in [-0.39, 0.29) is 5.69 Å². The first-order valence-electron chi connectivity index (χ1n) is 6.76. The first-order valence-corrected chi connectivity index (χ1v) is 6.76. The van der Waals surface area contributed by atoms with Crippen LogP contribution in [-0.2, 0) is 4.79 Å². The molecule has 0 unspecified atom stereocenters. The normalized spacial score (nSPS) is 11.9. The summed E-state index contributed by atoms with van der Waals surface area (Å²) in [6.45, 7) is 1.87. The first-order chi connectivity index (χ1) is 10.1. The lowest BCUT2D eigenvalue weighted by Crippen LogP contribution is -2.40. The Morgan fingerprint density at radius 2 is 2.00 bits per heavy atom. The van der Waals surface area contributed by atoms with Crippen LogP contribution < -0.4 is 5.32 Å². The van der Waals surface area contributed by atoms with Crippen LogP contribution in [0, 0.1) is 0 Å². The van der Waals surface area contributed by atoms with Crippen LogP contribution in [0.3, 0.4) is 0 Å². The number of nitrogens with zero attached hydrogens (tertiary/aromatic N) is 2. The molecule has 0 bridgehead atoms. The number of hydrogen-bond donors (Lipinski definition) is 2. The highest BCUT2D eigenvalue weighted by Crippen LogP contribution is 2.07. The van der Waals surface area contributed by atoms with E-state index in [9.17, 15) is 9.59 Å². The summed E-state index contributed by atoms with van der Waals surface area (Å²) >= 11 is 0. The predicted molar refractivity (Wildman–Crippen MR) is 77.4 cm³/mol. The zero-order valence-electron chi connectivity index (χ0n) is 11.7. The summed E-state index contributed by atoms with van der Waals surface area (Å²) in [5.74, 6) is -1.52. The number of carbonyl (C=O) groups is 2. The third kappa shape index (κ3) is 3.68. The van der Waals surface area contributed by atoms with Crippen molar-refractivity contribution in [2.45, 2.75) is 25.8 Å². The van der Waals surface area contributed by atoms with Crippen molar-refractivity contribution in [3.63, 3.8) is 0 Å². The van der Waals surface area contributed by atoms with Gasteiger partial charge >= 0.3 is 5.97 Å². The maximum absolute atomic E-state index is 12.0. The van der Waals surface area contributed by atoms with E-state index in [1.165, 1.54) is 0 Å². The van der Waals surface area contributed by atoms with Gasteiger partial charge in [-0.3, -0.25) is 4.79 Å². The molecule has 0 fully saturated rings. The summed E-state index contributed by atoms with van der Waals surface area (Å²) in [6.07, 6.45) is 2.73. The molecule has 1 amide bonds. The zero-order chi connectivity index (χ0) is 15.2. The van der Waals surface area contributed by atoms with Gasteiger partial charge in [-0.15, -0.1) is 0 Å². The van der Waals surface area contributed by atoms with Gasteiger partial charge in [0.1, 0.15) is 6.04 Å². The van der Waals surface area contributed by atoms with Crippen LogP contribution in [0.5, 0.6) is 0 Å². The lowest BCUT2D eigenvalue weighted by molar-refractivity contribution is -0.139. The van der Waals surface area contributed by atoms with Crippen molar-refractivity contribution < 1.29 is 14.7 Å². The molecule has 0 saturated carbocycles. The third-order valence-electron chi connectivity index (χ3n) is 3.02. The Balaban J connectivity index is 2.10. The smallest absolute Gasteiger partial charge is 0.326 e. The molecule has 1 aromatic carbocycles. The number of benzene rings is 1. The van der Waals surface area contributed by atoms with Crippen molar-refractivity contribution >= 4 is 11.9 Å². The molecule has 0 aliphatic heterocycles. The molecule has 2 aromatic rings. The van der Waals surface area contributed by atoms with E-state index in [0.29, 0.717) is 12.8 Å². The zero-order valence-corrected chi connectivity index (χ0v) is 11.7. The number of nitrogens with one attached hydrogen (secondary N) is 1. The number of para-hydroxylation sites is 1. The highest BCUT2D eigenvalue weighted by atomic mass is 16.4. The van der Waals surface area contributed by atoms with Gasteiger partial charge < -0.3 is 10.4 Å². The van der Waals surface area contributed by atoms with Crippen LogP contribution in [0.4, 0.5) is 0 Å². The van der Waals surface area contributed by atoms with Crippen LogP contribution in [-0.4, -0.2) is 32.8 Å². The first kappa shape index (κ1) is 14.8. The van der Waals surface area contributed by atoms with Gasteiger partial charge in [0.2, 0.25) is 0 Å². The molecule has 0 spiro atoms. The molecule has 0 radical (unpaired) electrons. The predicted octanol–water partition coefficient (Wildman–Crippen LogP) is 1.86. The topological polar surface area (TPSA) is 84.2 Å². The quantitative estimate of drug-likeness (QED) is 0.849. The van der Waals surface area contributed by atoms with Crippen LogP contribution in [0.25, 0.3) is 5.69 Å². The Hall–Kier alpha value is -2.63. The largest absolute Gasteiger partial charge is 0.480 e. The number of carboxylic acids is 1. The molecule has 6 heteroatoms. The minimum atomic E-state index is -1.03. The van der Waals surface area contributed by atoms with E-state index in [0.717, 1.165) is 5.69 Å². The molecule has 0 aliphatic carbocycles. The molecular formula is C15H17N3O3. The lowest BCUT2D eigenvalue weighted by Gasteiger charge is -2.12. The summed E-state index contributed by atoms with van der Waals surface area (Å²) in [4.78, 5) is 23.1. The Kier molecular flexibility index (Phi) is 4.71. The fourth-order valence-electron chi connectivity index (χ4n) is 1.95. The average molecular weight is 287 g/mol. The molecule has 1 atom stereocenters. The highest BCUT2D eigenvalue weighted by Gasteiger charge is 2.20. The summed E-state index contributed by atoms with van der Waals surface area (Å²) in [5, 5.41) is 15.7.